The number of thiazole rings is 1. The molecule has 4 rings (SSSR count). The summed E-state index contributed by atoms with van der Waals surface area (Å²) in [6.07, 6.45) is 0. The summed E-state index contributed by atoms with van der Waals surface area (Å²) in [7, 11) is 0. The van der Waals surface area contributed by atoms with E-state index in [1.807, 2.05) is 49.4 Å². The van der Waals surface area contributed by atoms with Crippen LogP contribution < -0.4 is 15.6 Å². The van der Waals surface area contributed by atoms with Crippen LogP contribution in [0.5, 0.6) is 5.75 Å². The molecule has 7 nitrogen and oxygen atoms in total. The average molecular weight is 407 g/mol. The van der Waals surface area contributed by atoms with Crippen LogP contribution in [0.3, 0.4) is 0 Å². The summed E-state index contributed by atoms with van der Waals surface area (Å²) in [6.45, 7) is 1.71. The number of rotatable bonds is 5. The molecule has 0 atom stereocenters. The zero-order valence-corrected chi connectivity index (χ0v) is 16.3. The molecule has 0 aliphatic heterocycles. The van der Waals surface area contributed by atoms with E-state index in [9.17, 15) is 9.59 Å². The van der Waals surface area contributed by atoms with Crippen LogP contribution in [-0.4, -0.2) is 23.4 Å². The van der Waals surface area contributed by atoms with Gasteiger partial charge in [-0.3, -0.25) is 20.4 Å². The van der Waals surface area contributed by atoms with Gasteiger partial charge < -0.3 is 9.15 Å². The number of hydrogen-bond donors (Lipinski definition) is 2. The van der Waals surface area contributed by atoms with Gasteiger partial charge in [-0.15, -0.1) is 11.3 Å². The number of hydrogen-bond acceptors (Lipinski definition) is 6. The predicted molar refractivity (Wildman–Crippen MR) is 110 cm³/mol. The Bertz CT molecular complexity index is 1150. The van der Waals surface area contributed by atoms with Crippen molar-refractivity contribution in [1.82, 2.24) is 15.8 Å². The highest BCUT2D eigenvalue weighted by Crippen LogP contribution is 2.31. The van der Waals surface area contributed by atoms with Crippen LogP contribution in [0.25, 0.3) is 21.0 Å². The predicted octanol–water partition coefficient (Wildman–Crippen LogP) is 3.70. The molecule has 0 saturated carbocycles. The van der Waals surface area contributed by atoms with Gasteiger partial charge >= 0.3 is 5.91 Å². The number of fused-ring (bicyclic) bond motifs is 1. The molecule has 0 aliphatic carbocycles. The molecule has 29 heavy (non-hydrogen) atoms. The lowest BCUT2D eigenvalue weighted by molar-refractivity contribution is -0.123. The van der Waals surface area contributed by atoms with Crippen molar-refractivity contribution in [2.24, 2.45) is 0 Å². The first-order chi connectivity index (χ1) is 14.1. The van der Waals surface area contributed by atoms with E-state index in [2.05, 4.69) is 15.8 Å². The lowest BCUT2D eigenvalue weighted by atomic mass is 10.2. The highest BCUT2D eigenvalue weighted by Gasteiger charge is 2.15. The summed E-state index contributed by atoms with van der Waals surface area (Å²) >= 11 is 1.48. The summed E-state index contributed by atoms with van der Waals surface area (Å²) < 4.78 is 12.0. The van der Waals surface area contributed by atoms with E-state index in [-0.39, 0.29) is 12.4 Å². The SMILES string of the molecule is Cc1cccc(OCC(=O)NNC(=O)c2ccc(-c3nc4ccccc4s3)o2)c1. The maximum atomic E-state index is 12.2. The third-order valence-corrected chi connectivity index (χ3v) is 5.06. The van der Waals surface area contributed by atoms with Crippen LogP contribution in [0.2, 0.25) is 0 Å². The molecule has 0 spiro atoms. The van der Waals surface area contributed by atoms with Gasteiger partial charge in [0.25, 0.3) is 5.91 Å². The molecule has 0 aliphatic rings. The zero-order valence-electron chi connectivity index (χ0n) is 15.5. The average Bonchev–Trinajstić information content (AvgIpc) is 3.37. The fourth-order valence-corrected chi connectivity index (χ4v) is 3.56. The fourth-order valence-electron chi connectivity index (χ4n) is 2.63. The largest absolute Gasteiger partial charge is 0.484 e. The van der Waals surface area contributed by atoms with Gasteiger partial charge in [0.05, 0.1) is 10.2 Å². The minimum absolute atomic E-state index is 0.0687. The van der Waals surface area contributed by atoms with Crippen molar-refractivity contribution in [1.29, 1.82) is 0 Å². The molecule has 2 amide bonds. The van der Waals surface area contributed by atoms with Crippen molar-refractivity contribution in [2.75, 3.05) is 6.61 Å². The molecule has 0 saturated heterocycles. The Morgan fingerprint density at radius 1 is 1.07 bits per heavy atom. The number of aryl methyl sites for hydroxylation is 1. The Labute approximate surface area is 170 Å². The summed E-state index contributed by atoms with van der Waals surface area (Å²) in [6, 6.07) is 18.3. The second kappa shape index (κ2) is 8.15. The summed E-state index contributed by atoms with van der Waals surface area (Å²) in [5.74, 6) is 0.0849. The number of amides is 2. The number of furan rings is 1. The van der Waals surface area contributed by atoms with Crippen molar-refractivity contribution < 1.29 is 18.7 Å². The molecule has 2 aromatic heterocycles. The molecule has 0 bridgehead atoms. The third kappa shape index (κ3) is 4.44. The number of para-hydroxylation sites is 1. The topological polar surface area (TPSA) is 93.5 Å². The zero-order chi connectivity index (χ0) is 20.2. The van der Waals surface area contributed by atoms with Gasteiger partial charge in [-0.1, -0.05) is 24.3 Å². The molecular weight excluding hydrogens is 390 g/mol. The van der Waals surface area contributed by atoms with Gasteiger partial charge in [0.1, 0.15) is 5.75 Å². The molecular formula is C21H17N3O4S. The molecule has 2 N–H and O–H groups in total. The van der Waals surface area contributed by atoms with Gasteiger partial charge in [-0.05, 0) is 48.9 Å². The summed E-state index contributed by atoms with van der Waals surface area (Å²) in [4.78, 5) is 28.6. The highest BCUT2D eigenvalue weighted by atomic mass is 32.1. The van der Waals surface area contributed by atoms with Crippen LogP contribution in [-0.2, 0) is 4.79 Å². The summed E-state index contributed by atoms with van der Waals surface area (Å²) in [5.41, 5.74) is 6.51. The standard InChI is InChI=1S/C21H17N3O4S/c1-13-5-4-6-14(11-13)27-12-19(25)23-24-20(26)16-9-10-17(28-16)21-22-15-7-2-3-8-18(15)29-21/h2-11H,12H2,1H3,(H,23,25)(H,24,26). The molecule has 2 heterocycles. The van der Waals surface area contributed by atoms with E-state index in [0.29, 0.717) is 16.5 Å². The molecule has 0 radical (unpaired) electrons. The molecule has 0 fully saturated rings. The number of nitrogens with zero attached hydrogens (tertiary/aromatic N) is 1. The van der Waals surface area contributed by atoms with E-state index in [4.69, 9.17) is 9.15 Å². The second-order valence-electron chi connectivity index (χ2n) is 6.26. The van der Waals surface area contributed by atoms with Gasteiger partial charge in [-0.2, -0.15) is 0 Å². The third-order valence-electron chi connectivity index (χ3n) is 4.01. The number of benzene rings is 2. The fraction of sp³-hybridized carbons (Fsp3) is 0.0952. The molecule has 0 unspecified atom stereocenters. The number of nitrogens with one attached hydrogen (secondary N) is 2. The number of aromatic nitrogens is 1. The monoisotopic (exact) mass is 407 g/mol. The van der Waals surface area contributed by atoms with Crippen molar-refractivity contribution in [3.05, 3.63) is 72.0 Å². The van der Waals surface area contributed by atoms with Gasteiger partial charge in [0.2, 0.25) is 0 Å². The van der Waals surface area contributed by atoms with E-state index in [1.54, 1.807) is 12.1 Å². The Hall–Kier alpha value is -3.65. The van der Waals surface area contributed by atoms with Gasteiger partial charge in [-0.25, -0.2) is 4.98 Å². The number of carbonyl (C=O) groups excluding carboxylic acids is 2. The normalized spacial score (nSPS) is 10.7. The minimum atomic E-state index is -0.568. The molecule has 2 aromatic carbocycles. The van der Waals surface area contributed by atoms with E-state index in [0.717, 1.165) is 15.8 Å². The Morgan fingerprint density at radius 3 is 2.76 bits per heavy atom. The lowest BCUT2D eigenvalue weighted by Gasteiger charge is -2.08. The van der Waals surface area contributed by atoms with Crippen LogP contribution in [0.15, 0.2) is 65.1 Å². The molecule has 8 heteroatoms. The maximum absolute atomic E-state index is 12.2. The quantitative estimate of drug-likeness (QED) is 0.492. The van der Waals surface area contributed by atoms with Crippen LogP contribution in [0.1, 0.15) is 16.1 Å². The van der Waals surface area contributed by atoms with Gasteiger partial charge in [0.15, 0.2) is 23.1 Å². The first-order valence-electron chi connectivity index (χ1n) is 8.83. The number of hydrazine groups is 1. The van der Waals surface area contributed by atoms with Crippen LogP contribution in [0, 0.1) is 6.92 Å². The summed E-state index contributed by atoms with van der Waals surface area (Å²) in [5, 5.41) is 0.681. The van der Waals surface area contributed by atoms with Crippen LogP contribution >= 0.6 is 11.3 Å². The van der Waals surface area contributed by atoms with Crippen LogP contribution in [0.4, 0.5) is 0 Å². The Morgan fingerprint density at radius 2 is 1.93 bits per heavy atom. The van der Waals surface area contributed by atoms with Crippen molar-refractivity contribution in [3.63, 3.8) is 0 Å². The van der Waals surface area contributed by atoms with Crippen molar-refractivity contribution in [2.45, 2.75) is 6.92 Å². The number of ether oxygens (including phenoxy) is 1. The van der Waals surface area contributed by atoms with E-state index in [1.165, 1.54) is 17.4 Å². The molecule has 146 valence electrons. The Kier molecular flexibility index (Phi) is 5.26. The molecule has 4 aromatic rings. The Balaban J connectivity index is 1.32. The highest BCUT2D eigenvalue weighted by molar-refractivity contribution is 7.21. The van der Waals surface area contributed by atoms with Crippen molar-refractivity contribution >= 4 is 33.4 Å². The van der Waals surface area contributed by atoms with Crippen molar-refractivity contribution in [3.8, 4) is 16.5 Å². The van der Waals surface area contributed by atoms with E-state index >= 15 is 0 Å². The first kappa shape index (κ1) is 18.7. The van der Waals surface area contributed by atoms with Gasteiger partial charge in [0, 0.05) is 0 Å². The second-order valence-corrected chi connectivity index (χ2v) is 7.29. The lowest BCUT2D eigenvalue weighted by Crippen LogP contribution is -2.43. The number of carbonyl (C=O) groups is 2. The van der Waals surface area contributed by atoms with E-state index < -0.39 is 11.8 Å². The smallest absolute Gasteiger partial charge is 0.305 e. The minimum Gasteiger partial charge on any atom is -0.484 e. The first-order valence-corrected chi connectivity index (χ1v) is 9.64. The maximum Gasteiger partial charge on any atom is 0.305 e.